The first-order chi connectivity index (χ1) is 21.1. The molecule has 0 spiro atoms. The van der Waals surface area contributed by atoms with Gasteiger partial charge < -0.3 is 15.0 Å². The minimum Gasteiger partial charge on any atom is -0.475 e. The highest BCUT2D eigenvalue weighted by Gasteiger charge is 2.38. The number of carboxylic acid groups (broad SMARTS) is 1. The van der Waals surface area contributed by atoms with Gasteiger partial charge in [-0.05, 0) is 106 Å². The average Bonchev–Trinajstić information content (AvgIpc) is 3.45. The van der Waals surface area contributed by atoms with Crippen LogP contribution in [0.2, 0.25) is 0 Å². The number of nitrogens with zero attached hydrogens (tertiary/aromatic N) is 3. The zero-order valence-corrected chi connectivity index (χ0v) is 24.6. The molecule has 0 amide bonds. The lowest BCUT2D eigenvalue weighted by atomic mass is 9.92. The van der Waals surface area contributed by atoms with Crippen molar-refractivity contribution < 1.29 is 27.5 Å². The topological polar surface area (TPSA) is 72.5 Å². The Morgan fingerprint density at radius 2 is 1.43 bits per heavy atom. The summed E-state index contributed by atoms with van der Waals surface area (Å²) >= 11 is 0. The van der Waals surface area contributed by atoms with Gasteiger partial charge in [-0.2, -0.15) is 13.2 Å². The van der Waals surface area contributed by atoms with Crippen molar-refractivity contribution in [1.29, 1.82) is 0 Å². The van der Waals surface area contributed by atoms with Gasteiger partial charge in [-0.15, -0.1) is 0 Å². The Morgan fingerprint density at radius 3 is 2.05 bits per heavy atom. The number of alkyl halides is 3. The van der Waals surface area contributed by atoms with Gasteiger partial charge in [0, 0.05) is 12.1 Å². The molecule has 2 aliphatic heterocycles. The number of likely N-dealkylation sites (tertiary alicyclic amines) is 2. The summed E-state index contributed by atoms with van der Waals surface area (Å²) in [7, 11) is 0. The second kappa shape index (κ2) is 14.3. The van der Waals surface area contributed by atoms with Crippen LogP contribution in [0.25, 0.3) is 33.5 Å². The lowest BCUT2D eigenvalue weighted by Gasteiger charge is -2.34. The van der Waals surface area contributed by atoms with Crippen molar-refractivity contribution in [1.82, 2.24) is 19.8 Å². The molecule has 0 radical (unpaired) electrons. The van der Waals surface area contributed by atoms with E-state index in [1.165, 1.54) is 100 Å². The van der Waals surface area contributed by atoms with E-state index < -0.39 is 12.1 Å². The van der Waals surface area contributed by atoms with Crippen LogP contribution in [0.5, 0.6) is 0 Å². The third-order valence-corrected chi connectivity index (χ3v) is 8.55. The number of halogens is 4. The van der Waals surface area contributed by atoms with Crippen LogP contribution in [0.4, 0.5) is 17.6 Å². The van der Waals surface area contributed by atoms with Gasteiger partial charge in [0.25, 0.3) is 0 Å². The van der Waals surface area contributed by atoms with Crippen LogP contribution in [-0.2, 0) is 11.3 Å². The van der Waals surface area contributed by atoms with Gasteiger partial charge in [0.1, 0.15) is 11.6 Å². The first-order valence-corrected chi connectivity index (χ1v) is 15.2. The van der Waals surface area contributed by atoms with Crippen LogP contribution in [0.3, 0.4) is 0 Å². The summed E-state index contributed by atoms with van der Waals surface area (Å²) in [5.41, 5.74) is 6.29. The van der Waals surface area contributed by atoms with Gasteiger partial charge in [-0.3, -0.25) is 4.90 Å². The number of piperidine rings is 2. The molecule has 2 saturated heterocycles. The smallest absolute Gasteiger partial charge is 0.475 e. The number of hydrogen-bond donors (Lipinski definition) is 2. The van der Waals surface area contributed by atoms with E-state index in [0.717, 1.165) is 34.9 Å². The maximum atomic E-state index is 13.5. The van der Waals surface area contributed by atoms with Crippen LogP contribution in [-0.4, -0.2) is 69.7 Å². The van der Waals surface area contributed by atoms with Gasteiger partial charge in [0.05, 0.1) is 11.0 Å². The number of nitrogens with one attached hydrogen (secondary N) is 1. The molecule has 4 aromatic rings. The Morgan fingerprint density at radius 1 is 0.841 bits per heavy atom. The summed E-state index contributed by atoms with van der Waals surface area (Å²) < 4.78 is 45.2. The highest BCUT2D eigenvalue weighted by Crippen LogP contribution is 2.27. The monoisotopic (exact) mass is 610 g/mol. The number of benzene rings is 3. The SMILES string of the molecule is Fc1ccc2nc(-c3ccc(-c4ccc(CN5CCC(CCN6CCCCC6)CC5)cc4)cc3)[nH]c2c1.O=C(O)C(F)(F)F. The number of H-pyrrole nitrogens is 1. The Hall–Kier alpha value is -3.76. The Balaban J connectivity index is 0.000000493. The lowest BCUT2D eigenvalue weighted by molar-refractivity contribution is -0.192. The second-order valence-corrected chi connectivity index (χ2v) is 11.7. The van der Waals surface area contributed by atoms with E-state index in [4.69, 9.17) is 9.90 Å². The number of rotatable bonds is 7. The summed E-state index contributed by atoms with van der Waals surface area (Å²) in [5.74, 6) is -1.34. The maximum absolute atomic E-state index is 13.5. The third-order valence-electron chi connectivity index (χ3n) is 8.55. The number of imidazole rings is 1. The first kappa shape index (κ1) is 31.7. The molecule has 2 fully saturated rings. The van der Waals surface area contributed by atoms with Crippen molar-refractivity contribution in [3.63, 3.8) is 0 Å². The van der Waals surface area contributed by atoms with E-state index in [0.29, 0.717) is 0 Å². The molecule has 0 saturated carbocycles. The third kappa shape index (κ3) is 8.66. The number of hydrogen-bond acceptors (Lipinski definition) is 4. The fourth-order valence-electron chi connectivity index (χ4n) is 5.98. The van der Waals surface area contributed by atoms with E-state index >= 15 is 0 Å². The van der Waals surface area contributed by atoms with Crippen molar-refractivity contribution in [3.8, 4) is 22.5 Å². The number of aliphatic carboxylic acids is 1. The van der Waals surface area contributed by atoms with Crippen LogP contribution < -0.4 is 0 Å². The number of carbonyl (C=O) groups is 1. The summed E-state index contributed by atoms with van der Waals surface area (Å²) in [6, 6.07) is 22.1. The second-order valence-electron chi connectivity index (χ2n) is 11.7. The minimum atomic E-state index is -5.08. The number of aromatic nitrogens is 2. The lowest BCUT2D eigenvalue weighted by Crippen LogP contribution is -2.36. The zero-order valence-electron chi connectivity index (χ0n) is 24.6. The largest absolute Gasteiger partial charge is 0.490 e. The van der Waals surface area contributed by atoms with Gasteiger partial charge in [0.2, 0.25) is 0 Å². The van der Waals surface area contributed by atoms with Crippen molar-refractivity contribution in [2.24, 2.45) is 5.92 Å². The molecule has 1 aromatic heterocycles. The molecule has 3 aromatic carbocycles. The molecule has 10 heteroatoms. The first-order valence-electron chi connectivity index (χ1n) is 15.2. The predicted octanol–water partition coefficient (Wildman–Crippen LogP) is 7.76. The summed E-state index contributed by atoms with van der Waals surface area (Å²) in [4.78, 5) is 22.0. The van der Waals surface area contributed by atoms with Crippen molar-refractivity contribution in [2.75, 3.05) is 32.7 Å². The molecule has 3 heterocycles. The van der Waals surface area contributed by atoms with Crippen molar-refractivity contribution in [2.45, 2.75) is 51.2 Å². The molecule has 0 aliphatic carbocycles. The predicted molar refractivity (Wildman–Crippen MR) is 164 cm³/mol. The van der Waals surface area contributed by atoms with E-state index in [1.807, 2.05) is 0 Å². The van der Waals surface area contributed by atoms with E-state index in [1.54, 1.807) is 6.07 Å². The van der Waals surface area contributed by atoms with Crippen molar-refractivity contribution >= 4 is 17.0 Å². The molecule has 0 atom stereocenters. The van der Waals surface area contributed by atoms with E-state index in [9.17, 15) is 17.6 Å². The van der Waals surface area contributed by atoms with Crippen LogP contribution >= 0.6 is 0 Å². The number of carboxylic acids is 1. The Labute approximate surface area is 254 Å². The molecule has 6 nitrogen and oxygen atoms in total. The van der Waals surface area contributed by atoms with E-state index in [2.05, 4.69) is 68.3 Å². The standard InChI is InChI=1S/C32H37FN4.C2HF3O2/c33-29-12-13-30-31(22-29)35-32(34-30)28-10-8-27(9-11-28)26-6-4-25(5-7-26)23-37-20-15-24(16-21-37)14-19-36-17-2-1-3-18-36;3-2(4,5)1(6)7/h4-13,22,24H,1-3,14-21,23H2,(H,34,35);(H,6,7). The fourth-order valence-corrected chi connectivity index (χ4v) is 5.98. The number of fused-ring (bicyclic) bond motifs is 1. The molecular formula is C34H38F4N4O2. The Kier molecular flexibility index (Phi) is 10.3. The van der Waals surface area contributed by atoms with E-state index in [-0.39, 0.29) is 5.82 Å². The van der Waals surface area contributed by atoms with Gasteiger partial charge in [-0.25, -0.2) is 14.2 Å². The molecular weight excluding hydrogens is 572 g/mol. The van der Waals surface area contributed by atoms with Gasteiger partial charge >= 0.3 is 12.1 Å². The molecule has 0 unspecified atom stereocenters. The molecule has 0 bridgehead atoms. The van der Waals surface area contributed by atoms with Crippen LogP contribution in [0.1, 0.15) is 44.1 Å². The molecule has 6 rings (SSSR count). The molecule has 44 heavy (non-hydrogen) atoms. The average molecular weight is 611 g/mol. The zero-order chi connectivity index (χ0) is 31.1. The Bertz CT molecular complexity index is 1510. The summed E-state index contributed by atoms with van der Waals surface area (Å²) in [6.45, 7) is 7.45. The number of aromatic amines is 1. The summed E-state index contributed by atoms with van der Waals surface area (Å²) in [5, 5.41) is 7.12. The van der Waals surface area contributed by atoms with Gasteiger partial charge in [0.15, 0.2) is 0 Å². The normalized spacial score (nSPS) is 16.9. The minimum absolute atomic E-state index is 0.255. The van der Waals surface area contributed by atoms with Gasteiger partial charge in [-0.1, -0.05) is 55.0 Å². The molecule has 234 valence electrons. The van der Waals surface area contributed by atoms with Crippen LogP contribution in [0.15, 0.2) is 66.7 Å². The summed E-state index contributed by atoms with van der Waals surface area (Å²) in [6.07, 6.45) is 3.21. The molecule has 2 N–H and O–H groups in total. The molecule has 2 aliphatic rings. The highest BCUT2D eigenvalue weighted by molar-refractivity contribution is 5.80. The maximum Gasteiger partial charge on any atom is 0.490 e. The van der Waals surface area contributed by atoms with Crippen molar-refractivity contribution in [3.05, 3.63) is 78.1 Å². The quantitative estimate of drug-likeness (QED) is 0.209. The van der Waals surface area contributed by atoms with Crippen LogP contribution in [0, 0.1) is 11.7 Å². The highest BCUT2D eigenvalue weighted by atomic mass is 19.4. The fraction of sp³-hybridized carbons (Fsp3) is 0.412.